The van der Waals surface area contributed by atoms with Crippen molar-refractivity contribution in [2.75, 3.05) is 48.4 Å². The Labute approximate surface area is 255 Å². The Morgan fingerprint density at radius 2 is 1.70 bits per heavy atom. The zero-order valence-corrected chi connectivity index (χ0v) is 25.1. The number of nitrogens with zero attached hydrogens (tertiary/aromatic N) is 3. The molecule has 1 saturated carbocycles. The lowest BCUT2D eigenvalue weighted by molar-refractivity contribution is -0.124. The summed E-state index contributed by atoms with van der Waals surface area (Å²) in [7, 11) is 0. The number of carbonyl (C=O) groups excluding carboxylic acids is 1. The molecule has 0 radical (unpaired) electrons. The van der Waals surface area contributed by atoms with Gasteiger partial charge in [0.25, 0.3) is 0 Å². The first-order chi connectivity index (χ1) is 21.1. The highest BCUT2D eigenvalue weighted by atomic mass is 16.1. The van der Waals surface area contributed by atoms with Gasteiger partial charge >= 0.3 is 0 Å². The second-order valence-corrected chi connectivity index (χ2v) is 11.9. The molecule has 2 fully saturated rings. The van der Waals surface area contributed by atoms with E-state index in [0.717, 1.165) is 68.2 Å². The Bertz CT molecular complexity index is 1350. The van der Waals surface area contributed by atoms with Gasteiger partial charge in [-0.05, 0) is 63.2 Å². The Morgan fingerprint density at radius 1 is 1.00 bits per heavy atom. The zero-order valence-electron chi connectivity index (χ0n) is 25.1. The van der Waals surface area contributed by atoms with Crippen LogP contribution in [0.15, 0.2) is 67.2 Å². The molecule has 226 valence electrons. The van der Waals surface area contributed by atoms with Gasteiger partial charge < -0.3 is 31.5 Å². The molecule has 3 aromatic rings. The number of anilines is 3. The number of rotatable bonds is 11. The maximum absolute atomic E-state index is 12.6. The molecule has 1 saturated heterocycles. The Hall–Kier alpha value is -4.11. The van der Waals surface area contributed by atoms with E-state index in [4.69, 9.17) is 9.97 Å². The van der Waals surface area contributed by atoms with E-state index in [1.165, 1.54) is 11.1 Å². The van der Waals surface area contributed by atoms with Crippen LogP contribution in [0.4, 0.5) is 17.3 Å². The van der Waals surface area contributed by atoms with E-state index in [1.54, 1.807) is 0 Å². The monoisotopic (exact) mass is 580 g/mol. The Balaban J connectivity index is 1.29. The number of piperidine rings is 1. The van der Waals surface area contributed by atoms with E-state index in [0.29, 0.717) is 31.6 Å². The number of fused-ring (bicyclic) bond motifs is 1. The van der Waals surface area contributed by atoms with Gasteiger partial charge in [0.2, 0.25) is 5.91 Å². The van der Waals surface area contributed by atoms with Gasteiger partial charge in [0.15, 0.2) is 17.5 Å². The molecule has 2 unspecified atom stereocenters. The van der Waals surface area contributed by atoms with Crippen molar-refractivity contribution in [2.24, 2.45) is 5.92 Å². The second-order valence-electron chi connectivity index (χ2n) is 11.9. The first-order valence-electron chi connectivity index (χ1n) is 15.8. The Morgan fingerprint density at radius 3 is 2.37 bits per heavy atom. The largest absolute Gasteiger partial charge is 0.380 e. The predicted molar refractivity (Wildman–Crippen MR) is 174 cm³/mol. The van der Waals surface area contributed by atoms with Crippen LogP contribution in [0.25, 0.3) is 5.70 Å². The van der Waals surface area contributed by atoms with Gasteiger partial charge in [0, 0.05) is 37.0 Å². The number of hydrogen-bond donors (Lipinski definition) is 5. The average Bonchev–Trinajstić information content (AvgIpc) is 3.71. The van der Waals surface area contributed by atoms with Crippen LogP contribution in [0.3, 0.4) is 0 Å². The van der Waals surface area contributed by atoms with E-state index < -0.39 is 0 Å². The lowest BCUT2D eigenvalue weighted by Crippen LogP contribution is -2.39. The molecule has 2 aromatic carbocycles. The topological polar surface area (TPSA) is 106 Å². The molecule has 3 heterocycles. The lowest BCUT2D eigenvalue weighted by Gasteiger charge is -2.27. The van der Waals surface area contributed by atoms with Gasteiger partial charge in [-0.25, -0.2) is 9.97 Å². The summed E-state index contributed by atoms with van der Waals surface area (Å²) in [6.45, 7) is 10.3. The summed E-state index contributed by atoms with van der Waals surface area (Å²) in [5, 5.41) is 17.4. The summed E-state index contributed by atoms with van der Waals surface area (Å²) in [5.74, 6) is 2.64. The van der Waals surface area contributed by atoms with Gasteiger partial charge in [-0.1, -0.05) is 67.2 Å². The Kier molecular flexibility index (Phi) is 9.07. The number of aromatic nitrogens is 2. The van der Waals surface area contributed by atoms with Crippen molar-refractivity contribution in [2.45, 2.75) is 57.0 Å². The second kappa shape index (κ2) is 13.5. The van der Waals surface area contributed by atoms with Crippen LogP contribution in [0.1, 0.15) is 61.9 Å². The van der Waals surface area contributed by atoms with Crippen LogP contribution in [0.5, 0.6) is 0 Å². The number of nitrogens with one attached hydrogen (secondary N) is 5. The van der Waals surface area contributed by atoms with E-state index in [1.807, 2.05) is 6.92 Å². The SMILES string of the molecule is C=C(NC1CCNCC1)c1nc(NCC(c2ccccc2)c2ccccc2)c2c(n1)N(C1CCC(C(=O)NCC)C1)CN2. The summed E-state index contributed by atoms with van der Waals surface area (Å²) >= 11 is 0. The van der Waals surface area contributed by atoms with E-state index in [2.05, 4.69) is 98.7 Å². The number of carbonyl (C=O) groups is 1. The van der Waals surface area contributed by atoms with Gasteiger partial charge in [0.1, 0.15) is 5.69 Å². The molecule has 0 spiro atoms. The summed E-state index contributed by atoms with van der Waals surface area (Å²) in [5.41, 5.74) is 4.17. The van der Waals surface area contributed by atoms with Crippen LogP contribution in [-0.2, 0) is 4.79 Å². The number of hydrogen-bond acceptors (Lipinski definition) is 8. The van der Waals surface area contributed by atoms with Gasteiger partial charge in [-0.2, -0.15) is 0 Å². The van der Waals surface area contributed by atoms with Crippen LogP contribution >= 0.6 is 0 Å². The number of amides is 1. The molecule has 6 rings (SSSR count). The standard InChI is InChI=1S/C34H44N8O/c1-3-36-34(43)26-14-15-28(20-26)42-22-38-30-32(40-31(41-33(30)42)23(2)39-27-16-18-35-19-17-27)37-21-29(24-10-6-4-7-11-24)25-12-8-5-9-13-25/h4-13,26-29,35,38-39H,2-3,14-22H2,1H3,(H,36,43)(H,37,40,41). The molecule has 3 aliphatic rings. The minimum atomic E-state index is 0.0435. The van der Waals surface area contributed by atoms with E-state index in [-0.39, 0.29) is 23.8 Å². The lowest BCUT2D eigenvalue weighted by atomic mass is 9.91. The van der Waals surface area contributed by atoms with Crippen molar-refractivity contribution >= 4 is 28.9 Å². The van der Waals surface area contributed by atoms with Gasteiger partial charge in [-0.15, -0.1) is 0 Å². The van der Waals surface area contributed by atoms with Gasteiger partial charge in [-0.3, -0.25) is 4.79 Å². The quantitative estimate of drug-likeness (QED) is 0.225. The maximum Gasteiger partial charge on any atom is 0.223 e. The maximum atomic E-state index is 12.6. The van der Waals surface area contributed by atoms with Crippen molar-refractivity contribution in [3.63, 3.8) is 0 Å². The number of benzene rings is 2. The normalized spacial score (nSPS) is 20.0. The van der Waals surface area contributed by atoms with Crippen molar-refractivity contribution in [3.8, 4) is 0 Å². The molecule has 0 bridgehead atoms. The predicted octanol–water partition coefficient (Wildman–Crippen LogP) is 4.53. The molecule has 2 atom stereocenters. The van der Waals surface area contributed by atoms with Crippen molar-refractivity contribution in [3.05, 3.63) is 84.2 Å². The van der Waals surface area contributed by atoms with Crippen molar-refractivity contribution in [1.29, 1.82) is 0 Å². The fourth-order valence-corrected chi connectivity index (χ4v) is 6.70. The molecule has 9 heteroatoms. The highest BCUT2D eigenvalue weighted by Crippen LogP contribution is 2.41. The first kappa shape index (κ1) is 29.0. The third-order valence-electron chi connectivity index (χ3n) is 9.02. The van der Waals surface area contributed by atoms with Crippen LogP contribution in [-0.4, -0.2) is 60.8 Å². The first-order valence-corrected chi connectivity index (χ1v) is 15.8. The van der Waals surface area contributed by atoms with Gasteiger partial charge in [0.05, 0.1) is 12.4 Å². The van der Waals surface area contributed by atoms with Crippen molar-refractivity contribution in [1.82, 2.24) is 25.9 Å². The highest BCUT2D eigenvalue weighted by Gasteiger charge is 2.38. The van der Waals surface area contributed by atoms with Crippen LogP contribution < -0.4 is 31.5 Å². The fraction of sp³-hybridized carbons (Fsp3) is 0.441. The zero-order chi connectivity index (χ0) is 29.6. The fourth-order valence-electron chi connectivity index (χ4n) is 6.70. The molecule has 9 nitrogen and oxygen atoms in total. The molecule has 2 aliphatic heterocycles. The van der Waals surface area contributed by atoms with E-state index >= 15 is 0 Å². The average molecular weight is 581 g/mol. The molecule has 1 amide bonds. The van der Waals surface area contributed by atoms with E-state index in [9.17, 15) is 4.79 Å². The molecule has 43 heavy (non-hydrogen) atoms. The third-order valence-corrected chi connectivity index (χ3v) is 9.02. The van der Waals surface area contributed by atoms with Crippen LogP contribution in [0, 0.1) is 5.92 Å². The summed E-state index contributed by atoms with van der Waals surface area (Å²) < 4.78 is 0. The molecule has 1 aromatic heterocycles. The highest BCUT2D eigenvalue weighted by molar-refractivity contribution is 5.84. The minimum absolute atomic E-state index is 0.0435. The molecular weight excluding hydrogens is 536 g/mol. The summed E-state index contributed by atoms with van der Waals surface area (Å²) in [6.07, 6.45) is 4.77. The molecule has 1 aliphatic carbocycles. The molecule has 5 N–H and O–H groups in total. The smallest absolute Gasteiger partial charge is 0.223 e. The summed E-state index contributed by atoms with van der Waals surface area (Å²) in [6, 6.07) is 21.8. The third kappa shape index (κ3) is 6.62. The van der Waals surface area contributed by atoms with Crippen LogP contribution in [0.2, 0.25) is 0 Å². The molecular formula is C34H44N8O. The minimum Gasteiger partial charge on any atom is -0.380 e. The summed E-state index contributed by atoms with van der Waals surface area (Å²) in [4.78, 5) is 25.1. The van der Waals surface area contributed by atoms with Crippen molar-refractivity contribution < 1.29 is 4.79 Å².